The second-order valence-corrected chi connectivity index (χ2v) is 10.1. The van der Waals surface area contributed by atoms with Gasteiger partial charge in [0.05, 0.1) is 41.2 Å². The molecule has 2 aromatic carbocycles. The van der Waals surface area contributed by atoms with Gasteiger partial charge in [0, 0.05) is 35.3 Å². The lowest BCUT2D eigenvalue weighted by atomic mass is 10.0. The molecule has 4 heterocycles. The largest absolute Gasteiger partial charge is 0.494 e. The van der Waals surface area contributed by atoms with Gasteiger partial charge in [0.2, 0.25) is 5.91 Å². The van der Waals surface area contributed by atoms with E-state index in [1.165, 1.54) is 0 Å². The van der Waals surface area contributed by atoms with Gasteiger partial charge in [0.25, 0.3) is 0 Å². The standard InChI is InChI=1S/C31H29N7O2.C2H6/c1-4-40-23-7-5-6-20(12-23)25-16-33-17-27-29(25)36-31(35-27)30-24-13-19(8-9-26(24)37-38-30)21-11-22(15-32-14-21)34-28(39)10-18(2)3;1-2/h5-9,11-18H,4,10H2,1-3H3,(H,34,39)(H,35,36)(H,37,38);1-2H3. The van der Waals surface area contributed by atoms with E-state index in [9.17, 15) is 4.79 Å². The Bertz CT molecular complexity index is 1840. The van der Waals surface area contributed by atoms with Crippen molar-refractivity contribution < 1.29 is 9.53 Å². The van der Waals surface area contributed by atoms with Gasteiger partial charge in [-0.25, -0.2) is 4.98 Å². The van der Waals surface area contributed by atoms with E-state index in [0.717, 1.165) is 49.9 Å². The van der Waals surface area contributed by atoms with Crippen LogP contribution < -0.4 is 10.1 Å². The number of amides is 1. The van der Waals surface area contributed by atoms with Gasteiger partial charge >= 0.3 is 0 Å². The van der Waals surface area contributed by atoms with E-state index in [0.29, 0.717) is 30.2 Å². The van der Waals surface area contributed by atoms with Crippen LogP contribution in [-0.4, -0.2) is 42.6 Å². The third kappa shape index (κ3) is 6.00. The van der Waals surface area contributed by atoms with Crippen LogP contribution in [0.2, 0.25) is 0 Å². The first-order valence-electron chi connectivity index (χ1n) is 14.3. The molecule has 0 atom stereocenters. The molecule has 42 heavy (non-hydrogen) atoms. The maximum absolute atomic E-state index is 12.3. The SMILES string of the molecule is CC.CCOc1cccc(-c2cncc3[nH]c(-c4n[nH]c5ccc(-c6cncc(NC(=O)CC(C)C)c6)cc45)nc23)c1. The summed E-state index contributed by atoms with van der Waals surface area (Å²) in [6, 6.07) is 15.9. The molecule has 9 nitrogen and oxygen atoms in total. The number of hydrogen-bond acceptors (Lipinski definition) is 6. The van der Waals surface area contributed by atoms with Gasteiger partial charge < -0.3 is 15.0 Å². The summed E-state index contributed by atoms with van der Waals surface area (Å²) in [5.74, 6) is 1.70. The predicted octanol–water partition coefficient (Wildman–Crippen LogP) is 7.64. The number of aromatic amines is 2. The average Bonchev–Trinajstić information content (AvgIpc) is 3.62. The lowest BCUT2D eigenvalue weighted by Gasteiger charge is -2.09. The first kappa shape index (κ1) is 28.5. The number of H-pyrrole nitrogens is 2. The number of rotatable bonds is 8. The topological polar surface area (TPSA) is 121 Å². The number of benzene rings is 2. The van der Waals surface area contributed by atoms with Crippen LogP contribution in [-0.2, 0) is 4.79 Å². The van der Waals surface area contributed by atoms with Crippen LogP contribution in [0, 0.1) is 5.92 Å². The summed E-state index contributed by atoms with van der Waals surface area (Å²) < 4.78 is 5.69. The van der Waals surface area contributed by atoms with Crippen LogP contribution in [0.4, 0.5) is 5.69 Å². The summed E-state index contributed by atoms with van der Waals surface area (Å²) in [6.45, 7) is 10.6. The van der Waals surface area contributed by atoms with E-state index in [4.69, 9.17) is 9.72 Å². The molecule has 0 spiro atoms. The summed E-state index contributed by atoms with van der Waals surface area (Å²) in [7, 11) is 0. The Kier molecular flexibility index (Phi) is 8.57. The van der Waals surface area contributed by atoms with E-state index in [2.05, 4.69) is 36.5 Å². The monoisotopic (exact) mass is 561 g/mol. The number of carbonyl (C=O) groups excluding carboxylic acids is 1. The Balaban J connectivity index is 0.00000173. The fourth-order valence-corrected chi connectivity index (χ4v) is 4.80. The third-order valence-corrected chi connectivity index (χ3v) is 6.59. The Hall–Kier alpha value is -5.05. The number of anilines is 1. The maximum atomic E-state index is 12.3. The number of nitrogens with zero attached hydrogens (tertiary/aromatic N) is 4. The lowest BCUT2D eigenvalue weighted by Crippen LogP contribution is -2.13. The van der Waals surface area contributed by atoms with E-state index < -0.39 is 0 Å². The zero-order valence-electron chi connectivity index (χ0n) is 24.5. The van der Waals surface area contributed by atoms with Crippen LogP contribution in [0.1, 0.15) is 41.0 Å². The fourth-order valence-electron chi connectivity index (χ4n) is 4.80. The van der Waals surface area contributed by atoms with Crippen LogP contribution in [0.15, 0.2) is 73.3 Å². The molecule has 0 fully saturated rings. The van der Waals surface area contributed by atoms with Gasteiger partial charge in [0.15, 0.2) is 5.82 Å². The Morgan fingerprint density at radius 3 is 2.57 bits per heavy atom. The van der Waals surface area contributed by atoms with Gasteiger partial charge in [-0.1, -0.05) is 45.9 Å². The van der Waals surface area contributed by atoms with Crippen LogP contribution in [0.5, 0.6) is 5.75 Å². The zero-order chi connectivity index (χ0) is 29.6. The zero-order valence-corrected chi connectivity index (χ0v) is 24.5. The normalized spacial score (nSPS) is 11.0. The Labute approximate surface area is 244 Å². The molecule has 214 valence electrons. The van der Waals surface area contributed by atoms with E-state index in [1.807, 2.05) is 83.3 Å². The van der Waals surface area contributed by atoms with Gasteiger partial charge in [-0.3, -0.25) is 19.9 Å². The molecular formula is C33H35N7O2. The molecule has 0 unspecified atom stereocenters. The van der Waals surface area contributed by atoms with Crippen molar-refractivity contribution in [3.05, 3.63) is 73.3 Å². The second-order valence-electron chi connectivity index (χ2n) is 10.1. The third-order valence-electron chi connectivity index (χ3n) is 6.59. The minimum atomic E-state index is -0.0233. The van der Waals surface area contributed by atoms with Gasteiger partial charge in [-0.15, -0.1) is 0 Å². The van der Waals surface area contributed by atoms with Gasteiger partial charge in [-0.2, -0.15) is 5.10 Å². The van der Waals surface area contributed by atoms with E-state index in [-0.39, 0.29) is 11.8 Å². The first-order valence-corrected chi connectivity index (χ1v) is 14.3. The number of fused-ring (bicyclic) bond motifs is 2. The molecule has 0 bridgehead atoms. The van der Waals surface area contributed by atoms with Crippen molar-refractivity contribution in [1.29, 1.82) is 0 Å². The number of hydrogen-bond donors (Lipinski definition) is 3. The van der Waals surface area contributed by atoms with Gasteiger partial charge in [-0.05, 0) is 54.3 Å². The van der Waals surface area contributed by atoms with E-state index >= 15 is 0 Å². The number of carbonyl (C=O) groups is 1. The summed E-state index contributed by atoms with van der Waals surface area (Å²) >= 11 is 0. The van der Waals surface area contributed by atoms with Crippen LogP contribution in [0.25, 0.3) is 55.7 Å². The summed E-state index contributed by atoms with van der Waals surface area (Å²) in [4.78, 5) is 29.4. The lowest BCUT2D eigenvalue weighted by molar-refractivity contribution is -0.116. The highest BCUT2D eigenvalue weighted by molar-refractivity contribution is 5.98. The van der Waals surface area contributed by atoms with Crippen molar-refractivity contribution in [2.75, 3.05) is 11.9 Å². The number of imidazole rings is 1. The predicted molar refractivity (Wildman–Crippen MR) is 168 cm³/mol. The second kappa shape index (κ2) is 12.6. The quantitative estimate of drug-likeness (QED) is 0.176. The number of nitrogens with one attached hydrogen (secondary N) is 3. The number of pyridine rings is 2. The summed E-state index contributed by atoms with van der Waals surface area (Å²) in [6.07, 6.45) is 7.49. The van der Waals surface area contributed by atoms with Crippen LogP contribution >= 0.6 is 0 Å². The smallest absolute Gasteiger partial charge is 0.224 e. The van der Waals surface area contributed by atoms with Crippen molar-refractivity contribution in [3.63, 3.8) is 0 Å². The molecule has 0 saturated heterocycles. The number of ether oxygens (including phenoxy) is 1. The maximum Gasteiger partial charge on any atom is 0.224 e. The fraction of sp³-hybridized carbons (Fsp3) is 0.242. The molecule has 0 aliphatic carbocycles. The van der Waals surface area contributed by atoms with Crippen molar-refractivity contribution in [2.24, 2.45) is 5.92 Å². The molecule has 0 aliphatic rings. The Morgan fingerprint density at radius 1 is 0.929 bits per heavy atom. The van der Waals surface area contributed by atoms with Crippen LogP contribution in [0.3, 0.4) is 0 Å². The molecule has 6 aromatic rings. The first-order chi connectivity index (χ1) is 20.5. The number of aromatic nitrogens is 6. The van der Waals surface area contributed by atoms with Crippen molar-refractivity contribution in [3.8, 4) is 39.5 Å². The molecule has 6 rings (SSSR count). The summed E-state index contributed by atoms with van der Waals surface area (Å²) in [5, 5.41) is 11.6. The molecule has 0 aliphatic heterocycles. The summed E-state index contributed by atoms with van der Waals surface area (Å²) in [5.41, 5.74) is 7.61. The highest BCUT2D eigenvalue weighted by Crippen LogP contribution is 2.34. The van der Waals surface area contributed by atoms with Crippen molar-refractivity contribution >= 4 is 33.5 Å². The van der Waals surface area contributed by atoms with Crippen molar-refractivity contribution in [1.82, 2.24) is 30.1 Å². The minimum absolute atomic E-state index is 0.0233. The highest BCUT2D eigenvalue weighted by Gasteiger charge is 2.17. The highest BCUT2D eigenvalue weighted by atomic mass is 16.5. The molecule has 3 N–H and O–H groups in total. The van der Waals surface area contributed by atoms with E-state index in [1.54, 1.807) is 18.6 Å². The Morgan fingerprint density at radius 2 is 1.76 bits per heavy atom. The molecular weight excluding hydrogens is 526 g/mol. The molecule has 1 amide bonds. The average molecular weight is 562 g/mol. The van der Waals surface area contributed by atoms with Crippen molar-refractivity contribution in [2.45, 2.75) is 41.0 Å². The molecule has 0 saturated carbocycles. The molecule has 9 heteroatoms. The molecule has 0 radical (unpaired) electrons. The molecule has 4 aromatic heterocycles. The minimum Gasteiger partial charge on any atom is -0.494 e. The van der Waals surface area contributed by atoms with Gasteiger partial charge in [0.1, 0.15) is 11.4 Å².